The Morgan fingerprint density at radius 1 is 1.23 bits per heavy atom. The standard InChI is InChI=1S/C21H24ClNO2S/c1-21(2)14-18(17-6-3-4-7-19(17)25-21)23-20(24)8-5-13-26-16-11-9-15(22)10-12-16/h3-4,6-7,9-12,18H,5,8,13-14H2,1-2H3,(H,23,24). The zero-order valence-corrected chi connectivity index (χ0v) is 16.7. The van der Waals surface area contributed by atoms with Crippen molar-refractivity contribution >= 4 is 29.3 Å². The van der Waals surface area contributed by atoms with E-state index in [1.165, 1.54) is 4.90 Å². The summed E-state index contributed by atoms with van der Waals surface area (Å²) >= 11 is 7.64. The van der Waals surface area contributed by atoms with E-state index >= 15 is 0 Å². The number of benzene rings is 2. The van der Waals surface area contributed by atoms with E-state index in [2.05, 4.69) is 19.2 Å². The van der Waals surface area contributed by atoms with Gasteiger partial charge in [-0.25, -0.2) is 0 Å². The van der Waals surface area contributed by atoms with E-state index in [1.54, 1.807) is 11.8 Å². The summed E-state index contributed by atoms with van der Waals surface area (Å²) in [6.07, 6.45) is 2.14. The Kier molecular flexibility index (Phi) is 6.15. The number of hydrogen-bond donors (Lipinski definition) is 1. The third kappa shape index (κ3) is 5.18. The number of hydrogen-bond acceptors (Lipinski definition) is 3. The van der Waals surface area contributed by atoms with Crippen LogP contribution >= 0.6 is 23.4 Å². The maximum Gasteiger partial charge on any atom is 0.220 e. The molecule has 0 aromatic heterocycles. The molecule has 26 heavy (non-hydrogen) atoms. The molecule has 1 aliphatic rings. The fraction of sp³-hybridized carbons (Fsp3) is 0.381. The van der Waals surface area contributed by atoms with Crippen LogP contribution in [0.5, 0.6) is 5.75 Å². The average molecular weight is 390 g/mol. The van der Waals surface area contributed by atoms with Crippen molar-refractivity contribution in [3.05, 3.63) is 59.1 Å². The van der Waals surface area contributed by atoms with Crippen LogP contribution in [0.25, 0.3) is 0 Å². The molecule has 2 aromatic rings. The molecular formula is C21H24ClNO2S. The first kappa shape index (κ1) is 19.1. The highest BCUT2D eigenvalue weighted by Crippen LogP contribution is 2.39. The summed E-state index contributed by atoms with van der Waals surface area (Å²) in [5.74, 6) is 1.87. The van der Waals surface area contributed by atoms with Crippen molar-refractivity contribution in [1.82, 2.24) is 5.32 Å². The zero-order valence-electron chi connectivity index (χ0n) is 15.1. The molecule has 0 aliphatic carbocycles. The Labute approximate surface area is 164 Å². The molecular weight excluding hydrogens is 366 g/mol. The van der Waals surface area contributed by atoms with Crippen molar-refractivity contribution in [2.24, 2.45) is 0 Å². The highest BCUT2D eigenvalue weighted by molar-refractivity contribution is 7.99. The number of carbonyl (C=O) groups is 1. The summed E-state index contributed by atoms with van der Waals surface area (Å²) in [5, 5.41) is 3.94. The molecule has 1 aliphatic heterocycles. The van der Waals surface area contributed by atoms with Crippen LogP contribution in [-0.2, 0) is 4.79 Å². The number of ether oxygens (including phenoxy) is 1. The van der Waals surface area contributed by atoms with Gasteiger partial charge in [-0.15, -0.1) is 11.8 Å². The van der Waals surface area contributed by atoms with Gasteiger partial charge in [-0.05, 0) is 56.4 Å². The van der Waals surface area contributed by atoms with Gasteiger partial charge >= 0.3 is 0 Å². The Morgan fingerprint density at radius 3 is 2.73 bits per heavy atom. The number of amides is 1. The predicted molar refractivity (Wildman–Crippen MR) is 108 cm³/mol. The van der Waals surface area contributed by atoms with E-state index in [9.17, 15) is 4.79 Å². The lowest BCUT2D eigenvalue weighted by Crippen LogP contribution is -2.41. The second-order valence-electron chi connectivity index (χ2n) is 7.13. The molecule has 3 rings (SSSR count). The molecule has 1 unspecified atom stereocenters. The summed E-state index contributed by atoms with van der Waals surface area (Å²) in [5.41, 5.74) is 0.784. The number of halogens is 1. The molecule has 0 saturated heterocycles. The first-order chi connectivity index (χ1) is 12.4. The average Bonchev–Trinajstić information content (AvgIpc) is 2.59. The van der Waals surface area contributed by atoms with Gasteiger partial charge in [-0.3, -0.25) is 4.79 Å². The summed E-state index contributed by atoms with van der Waals surface area (Å²) < 4.78 is 6.02. The van der Waals surface area contributed by atoms with Crippen molar-refractivity contribution in [3.8, 4) is 5.75 Å². The Hall–Kier alpha value is -1.65. The fourth-order valence-corrected chi connectivity index (χ4v) is 4.13. The number of fused-ring (bicyclic) bond motifs is 1. The Morgan fingerprint density at radius 2 is 1.96 bits per heavy atom. The van der Waals surface area contributed by atoms with Gasteiger partial charge in [0, 0.05) is 28.3 Å². The maximum absolute atomic E-state index is 12.4. The van der Waals surface area contributed by atoms with Gasteiger partial charge in [0.15, 0.2) is 0 Å². The van der Waals surface area contributed by atoms with Gasteiger partial charge < -0.3 is 10.1 Å². The van der Waals surface area contributed by atoms with Gasteiger partial charge in [0.25, 0.3) is 0 Å². The molecule has 0 saturated carbocycles. The van der Waals surface area contributed by atoms with Crippen molar-refractivity contribution in [2.75, 3.05) is 5.75 Å². The van der Waals surface area contributed by atoms with Crippen molar-refractivity contribution in [1.29, 1.82) is 0 Å². The van der Waals surface area contributed by atoms with E-state index in [0.717, 1.165) is 34.9 Å². The lowest BCUT2D eigenvalue weighted by atomic mass is 9.89. The van der Waals surface area contributed by atoms with Crippen molar-refractivity contribution < 1.29 is 9.53 Å². The minimum atomic E-state index is -0.281. The van der Waals surface area contributed by atoms with Crippen LogP contribution < -0.4 is 10.1 Å². The lowest BCUT2D eigenvalue weighted by molar-refractivity contribution is -0.122. The summed E-state index contributed by atoms with van der Waals surface area (Å²) in [7, 11) is 0. The largest absolute Gasteiger partial charge is 0.487 e. The first-order valence-corrected chi connectivity index (χ1v) is 10.2. The minimum absolute atomic E-state index is 0.00590. The van der Waals surface area contributed by atoms with Crippen LogP contribution in [-0.4, -0.2) is 17.3 Å². The van der Waals surface area contributed by atoms with Crippen LogP contribution in [0.3, 0.4) is 0 Å². The lowest BCUT2D eigenvalue weighted by Gasteiger charge is -2.37. The van der Waals surface area contributed by atoms with E-state index in [4.69, 9.17) is 16.3 Å². The Balaban J connectivity index is 1.49. The number of rotatable bonds is 6. The molecule has 2 aromatic carbocycles. The zero-order chi connectivity index (χ0) is 18.6. The molecule has 0 bridgehead atoms. The Bertz CT molecular complexity index is 761. The fourth-order valence-electron chi connectivity index (χ4n) is 3.15. The van der Waals surface area contributed by atoms with Gasteiger partial charge in [0.05, 0.1) is 6.04 Å². The number of carbonyl (C=O) groups excluding carboxylic acids is 1. The van der Waals surface area contributed by atoms with Gasteiger partial charge in [-0.2, -0.15) is 0 Å². The van der Waals surface area contributed by atoms with E-state index in [1.807, 2.05) is 48.5 Å². The van der Waals surface area contributed by atoms with E-state index < -0.39 is 0 Å². The molecule has 0 spiro atoms. The topological polar surface area (TPSA) is 38.3 Å². The SMILES string of the molecule is CC1(C)CC(NC(=O)CCCSc2ccc(Cl)cc2)c2ccccc2O1. The summed E-state index contributed by atoms with van der Waals surface area (Å²) in [6, 6.07) is 15.8. The van der Waals surface area contributed by atoms with Crippen LogP contribution in [0.2, 0.25) is 5.02 Å². The van der Waals surface area contributed by atoms with E-state index in [0.29, 0.717) is 6.42 Å². The third-order valence-corrected chi connectivity index (χ3v) is 5.69. The number of para-hydroxylation sites is 1. The summed E-state index contributed by atoms with van der Waals surface area (Å²) in [6.45, 7) is 4.12. The number of nitrogens with one attached hydrogen (secondary N) is 1. The van der Waals surface area contributed by atoms with Gasteiger partial charge in [-0.1, -0.05) is 29.8 Å². The first-order valence-electron chi connectivity index (χ1n) is 8.89. The quantitative estimate of drug-likeness (QED) is 0.513. The normalized spacial score (nSPS) is 17.9. The van der Waals surface area contributed by atoms with Gasteiger partial charge in [0.2, 0.25) is 5.91 Å². The highest BCUT2D eigenvalue weighted by atomic mass is 35.5. The molecule has 1 N–H and O–H groups in total. The third-order valence-electron chi connectivity index (χ3n) is 4.34. The van der Waals surface area contributed by atoms with Crippen LogP contribution in [0, 0.1) is 0 Å². The molecule has 0 fully saturated rings. The molecule has 1 heterocycles. The van der Waals surface area contributed by atoms with Crippen LogP contribution in [0.4, 0.5) is 0 Å². The second-order valence-corrected chi connectivity index (χ2v) is 8.73. The molecule has 3 nitrogen and oxygen atoms in total. The van der Waals surface area contributed by atoms with E-state index in [-0.39, 0.29) is 17.6 Å². The second kappa shape index (κ2) is 8.36. The summed E-state index contributed by atoms with van der Waals surface area (Å²) in [4.78, 5) is 13.6. The molecule has 0 radical (unpaired) electrons. The predicted octanol–water partition coefficient (Wildman–Crippen LogP) is 5.63. The maximum atomic E-state index is 12.4. The minimum Gasteiger partial charge on any atom is -0.487 e. The molecule has 1 amide bonds. The highest BCUT2D eigenvalue weighted by Gasteiger charge is 2.34. The monoisotopic (exact) mass is 389 g/mol. The van der Waals surface area contributed by atoms with Crippen molar-refractivity contribution in [3.63, 3.8) is 0 Å². The van der Waals surface area contributed by atoms with Crippen LogP contribution in [0.15, 0.2) is 53.4 Å². The molecule has 5 heteroatoms. The smallest absolute Gasteiger partial charge is 0.220 e. The molecule has 1 atom stereocenters. The van der Waals surface area contributed by atoms with Crippen molar-refractivity contribution in [2.45, 2.75) is 49.6 Å². The van der Waals surface area contributed by atoms with Gasteiger partial charge in [0.1, 0.15) is 11.4 Å². The molecule has 138 valence electrons. The van der Waals surface area contributed by atoms with Crippen LogP contribution in [0.1, 0.15) is 44.7 Å². The number of thioether (sulfide) groups is 1.